The number of allylic oxidation sites excluding steroid dienone is 1. The molecular weight excluding hydrogens is 393 g/mol. The van der Waals surface area contributed by atoms with Crippen molar-refractivity contribution in [1.82, 2.24) is 0 Å². The summed E-state index contributed by atoms with van der Waals surface area (Å²) in [5, 5.41) is 0. The summed E-state index contributed by atoms with van der Waals surface area (Å²) in [6, 6.07) is 22.0. The normalized spacial score (nSPS) is 11.8. The van der Waals surface area contributed by atoms with E-state index in [9.17, 15) is 13.2 Å². The molecule has 0 saturated heterocycles. The molecule has 0 saturated carbocycles. The predicted molar refractivity (Wildman–Crippen MR) is 109 cm³/mol. The largest absolute Gasteiger partial charge is 0.496 e. The number of alkyl halides is 3. The number of para-hydroxylation sites is 1. The topological polar surface area (TPSA) is 27.7 Å². The summed E-state index contributed by atoms with van der Waals surface area (Å²) in [5.74, 6) is 1.76. The highest BCUT2D eigenvalue weighted by Gasteiger charge is 2.35. The second kappa shape index (κ2) is 9.87. The first-order valence-corrected chi connectivity index (χ1v) is 9.40. The Morgan fingerprint density at radius 2 is 1.53 bits per heavy atom. The van der Waals surface area contributed by atoms with E-state index >= 15 is 0 Å². The molecule has 156 valence electrons. The standard InChI is InChI=1S/C24H21F3O3/c1-2-29-20-13-11-19(12-14-20)23(24(25,26)27)17-28-16-18-7-6-10-22(15-18)30-21-8-4-3-5-9-21/h3-15,17H,2,16H2,1H3. The highest BCUT2D eigenvalue weighted by molar-refractivity contribution is 5.69. The zero-order valence-corrected chi connectivity index (χ0v) is 16.4. The first-order valence-electron chi connectivity index (χ1n) is 9.40. The Morgan fingerprint density at radius 1 is 0.833 bits per heavy atom. The second-order valence-corrected chi connectivity index (χ2v) is 6.36. The van der Waals surface area contributed by atoms with E-state index in [2.05, 4.69) is 0 Å². The number of benzene rings is 3. The van der Waals surface area contributed by atoms with E-state index in [0.717, 1.165) is 6.26 Å². The molecular formula is C24H21F3O3. The van der Waals surface area contributed by atoms with Gasteiger partial charge in [0.1, 0.15) is 23.9 Å². The molecule has 0 unspecified atom stereocenters. The molecule has 3 nitrogen and oxygen atoms in total. The van der Waals surface area contributed by atoms with Gasteiger partial charge in [-0.25, -0.2) is 0 Å². The van der Waals surface area contributed by atoms with Gasteiger partial charge in [0.15, 0.2) is 0 Å². The van der Waals surface area contributed by atoms with Gasteiger partial charge in [-0.3, -0.25) is 0 Å². The molecule has 0 bridgehead atoms. The summed E-state index contributed by atoms with van der Waals surface area (Å²) in [6.45, 7) is 2.22. The van der Waals surface area contributed by atoms with Crippen LogP contribution in [0.15, 0.2) is 85.1 Å². The average Bonchev–Trinajstić information content (AvgIpc) is 2.72. The fraction of sp³-hybridized carbons (Fsp3) is 0.167. The minimum Gasteiger partial charge on any atom is -0.496 e. The van der Waals surface area contributed by atoms with Crippen LogP contribution in [0.3, 0.4) is 0 Å². The minimum atomic E-state index is -4.55. The smallest absolute Gasteiger partial charge is 0.419 e. The van der Waals surface area contributed by atoms with Crippen molar-refractivity contribution in [2.75, 3.05) is 6.61 Å². The molecule has 0 aliphatic rings. The molecule has 0 aromatic heterocycles. The molecule has 0 atom stereocenters. The molecule has 0 N–H and O–H groups in total. The molecule has 30 heavy (non-hydrogen) atoms. The van der Waals surface area contributed by atoms with Crippen molar-refractivity contribution in [2.24, 2.45) is 0 Å². The average molecular weight is 414 g/mol. The monoisotopic (exact) mass is 414 g/mol. The Hall–Kier alpha value is -3.41. The zero-order valence-electron chi connectivity index (χ0n) is 16.4. The van der Waals surface area contributed by atoms with E-state index in [-0.39, 0.29) is 12.2 Å². The quantitative estimate of drug-likeness (QED) is 0.372. The molecule has 6 heteroatoms. The van der Waals surface area contributed by atoms with Crippen LogP contribution in [-0.4, -0.2) is 12.8 Å². The maximum atomic E-state index is 13.5. The third-order valence-electron chi connectivity index (χ3n) is 4.11. The van der Waals surface area contributed by atoms with Gasteiger partial charge in [-0.15, -0.1) is 0 Å². The maximum absolute atomic E-state index is 13.5. The molecule has 0 radical (unpaired) electrons. The third-order valence-corrected chi connectivity index (χ3v) is 4.11. The molecule has 3 aromatic carbocycles. The number of halogens is 3. The number of rotatable bonds is 8. The van der Waals surface area contributed by atoms with Crippen LogP contribution >= 0.6 is 0 Å². The number of hydrogen-bond donors (Lipinski definition) is 0. The molecule has 0 heterocycles. The highest BCUT2D eigenvalue weighted by atomic mass is 19.4. The van der Waals surface area contributed by atoms with Crippen LogP contribution in [0, 0.1) is 0 Å². The van der Waals surface area contributed by atoms with Crippen molar-refractivity contribution in [1.29, 1.82) is 0 Å². The summed E-state index contributed by atoms with van der Waals surface area (Å²) in [6.07, 6.45) is -3.80. The van der Waals surface area contributed by atoms with Crippen LogP contribution in [0.5, 0.6) is 17.2 Å². The Kier molecular flexibility index (Phi) is 7.01. The van der Waals surface area contributed by atoms with E-state index in [1.807, 2.05) is 37.3 Å². The first-order chi connectivity index (χ1) is 14.5. The van der Waals surface area contributed by atoms with E-state index in [0.29, 0.717) is 29.4 Å². The van der Waals surface area contributed by atoms with Gasteiger partial charge in [0.25, 0.3) is 0 Å². The summed E-state index contributed by atoms with van der Waals surface area (Å²) >= 11 is 0. The van der Waals surface area contributed by atoms with Crippen molar-refractivity contribution in [3.63, 3.8) is 0 Å². The Balaban J connectivity index is 1.70. The lowest BCUT2D eigenvalue weighted by atomic mass is 10.1. The fourth-order valence-electron chi connectivity index (χ4n) is 2.74. The van der Waals surface area contributed by atoms with Gasteiger partial charge in [0.2, 0.25) is 0 Å². The van der Waals surface area contributed by atoms with Gasteiger partial charge in [0, 0.05) is 0 Å². The van der Waals surface area contributed by atoms with Gasteiger partial charge in [-0.2, -0.15) is 13.2 Å². The molecule has 3 aromatic rings. The molecule has 3 rings (SSSR count). The van der Waals surface area contributed by atoms with E-state index < -0.39 is 11.7 Å². The van der Waals surface area contributed by atoms with Crippen molar-refractivity contribution >= 4 is 5.57 Å². The minimum absolute atomic E-state index is 0.00659. The first kappa shape index (κ1) is 21.3. The lowest BCUT2D eigenvalue weighted by molar-refractivity contribution is -0.0704. The lowest BCUT2D eigenvalue weighted by Crippen LogP contribution is -2.11. The second-order valence-electron chi connectivity index (χ2n) is 6.36. The van der Waals surface area contributed by atoms with Gasteiger partial charge < -0.3 is 14.2 Å². The molecule has 0 amide bonds. The summed E-state index contributed by atoms with van der Waals surface area (Å²) < 4.78 is 56.8. The number of hydrogen-bond acceptors (Lipinski definition) is 3. The van der Waals surface area contributed by atoms with E-state index in [1.54, 1.807) is 24.3 Å². The molecule has 0 aliphatic carbocycles. The van der Waals surface area contributed by atoms with Crippen LogP contribution < -0.4 is 9.47 Å². The SMILES string of the molecule is CCOc1ccc(C(=COCc2cccc(Oc3ccccc3)c2)C(F)(F)F)cc1. The van der Waals surface area contributed by atoms with Crippen LogP contribution in [0.1, 0.15) is 18.1 Å². The predicted octanol–water partition coefficient (Wildman–Crippen LogP) is 7.00. The van der Waals surface area contributed by atoms with E-state index in [4.69, 9.17) is 14.2 Å². The maximum Gasteiger partial charge on any atom is 0.419 e. The van der Waals surface area contributed by atoms with Crippen molar-refractivity contribution in [3.8, 4) is 17.2 Å². The molecule has 0 aliphatic heterocycles. The Morgan fingerprint density at radius 3 is 2.20 bits per heavy atom. The van der Waals surface area contributed by atoms with Crippen LogP contribution in [-0.2, 0) is 11.3 Å². The van der Waals surface area contributed by atoms with Gasteiger partial charge in [-0.05, 0) is 54.4 Å². The summed E-state index contributed by atoms with van der Waals surface area (Å²) in [7, 11) is 0. The van der Waals surface area contributed by atoms with Crippen molar-refractivity contribution < 1.29 is 27.4 Å². The van der Waals surface area contributed by atoms with Crippen LogP contribution in [0.4, 0.5) is 13.2 Å². The lowest BCUT2D eigenvalue weighted by Gasteiger charge is -2.13. The van der Waals surface area contributed by atoms with Crippen LogP contribution in [0.25, 0.3) is 5.57 Å². The zero-order chi connectivity index (χ0) is 21.4. The third kappa shape index (κ3) is 6.04. The summed E-state index contributed by atoms with van der Waals surface area (Å²) in [5.41, 5.74) is -0.165. The van der Waals surface area contributed by atoms with Crippen molar-refractivity contribution in [3.05, 3.63) is 96.3 Å². The summed E-state index contributed by atoms with van der Waals surface area (Å²) in [4.78, 5) is 0. The van der Waals surface area contributed by atoms with Crippen molar-refractivity contribution in [2.45, 2.75) is 19.7 Å². The molecule has 0 spiro atoms. The van der Waals surface area contributed by atoms with Gasteiger partial charge in [-0.1, -0.05) is 42.5 Å². The fourth-order valence-corrected chi connectivity index (χ4v) is 2.74. The number of ether oxygens (including phenoxy) is 3. The van der Waals surface area contributed by atoms with Gasteiger partial charge in [0.05, 0.1) is 18.4 Å². The Labute approximate surface area is 173 Å². The van der Waals surface area contributed by atoms with Gasteiger partial charge >= 0.3 is 6.18 Å². The molecule has 0 fully saturated rings. The van der Waals surface area contributed by atoms with Crippen LogP contribution in [0.2, 0.25) is 0 Å². The van der Waals surface area contributed by atoms with E-state index in [1.165, 1.54) is 24.3 Å². The Bertz CT molecular complexity index is 965. The highest BCUT2D eigenvalue weighted by Crippen LogP contribution is 2.34.